The minimum atomic E-state index is -0.478. The van der Waals surface area contributed by atoms with Crippen molar-refractivity contribution in [2.24, 2.45) is 0 Å². The van der Waals surface area contributed by atoms with Crippen molar-refractivity contribution >= 4 is 17.3 Å². The van der Waals surface area contributed by atoms with E-state index in [2.05, 4.69) is 10.3 Å². The van der Waals surface area contributed by atoms with Crippen LogP contribution < -0.4 is 5.32 Å². The highest BCUT2D eigenvalue weighted by Crippen LogP contribution is 2.20. The highest BCUT2D eigenvalue weighted by Gasteiger charge is 2.28. The third-order valence-corrected chi connectivity index (χ3v) is 2.57. The molecule has 88 valence electrons. The SMILES string of the molecule is CC1(C)OCC(Nc2ccnc(Cl)c2)CO1. The zero-order valence-corrected chi connectivity index (χ0v) is 10.1. The molecule has 16 heavy (non-hydrogen) atoms. The number of hydrogen-bond donors (Lipinski definition) is 1. The number of aromatic nitrogens is 1. The van der Waals surface area contributed by atoms with Gasteiger partial charge in [0.1, 0.15) is 5.15 Å². The van der Waals surface area contributed by atoms with Gasteiger partial charge < -0.3 is 14.8 Å². The van der Waals surface area contributed by atoms with Gasteiger partial charge in [0.15, 0.2) is 5.79 Å². The van der Waals surface area contributed by atoms with Crippen LogP contribution in [0.3, 0.4) is 0 Å². The van der Waals surface area contributed by atoms with E-state index in [0.29, 0.717) is 18.4 Å². The van der Waals surface area contributed by atoms with E-state index >= 15 is 0 Å². The summed E-state index contributed by atoms with van der Waals surface area (Å²) in [6, 6.07) is 3.79. The van der Waals surface area contributed by atoms with Gasteiger partial charge in [0.25, 0.3) is 0 Å². The molecule has 0 radical (unpaired) electrons. The lowest BCUT2D eigenvalue weighted by Gasteiger charge is -2.35. The van der Waals surface area contributed by atoms with E-state index in [0.717, 1.165) is 5.69 Å². The lowest BCUT2D eigenvalue weighted by atomic mass is 10.2. The Morgan fingerprint density at radius 3 is 2.75 bits per heavy atom. The molecule has 0 unspecified atom stereocenters. The number of nitrogens with one attached hydrogen (secondary N) is 1. The Bertz CT molecular complexity index is 361. The number of anilines is 1. The number of nitrogens with zero attached hydrogens (tertiary/aromatic N) is 1. The molecule has 5 heteroatoms. The maximum Gasteiger partial charge on any atom is 0.162 e. The molecule has 4 nitrogen and oxygen atoms in total. The molecule has 0 aliphatic carbocycles. The first-order valence-corrected chi connectivity index (χ1v) is 5.59. The lowest BCUT2D eigenvalue weighted by Crippen LogP contribution is -2.45. The Hall–Kier alpha value is -0.840. The Balaban J connectivity index is 1.92. The van der Waals surface area contributed by atoms with E-state index in [1.807, 2.05) is 19.9 Å². The van der Waals surface area contributed by atoms with Crippen LogP contribution >= 0.6 is 11.6 Å². The van der Waals surface area contributed by atoms with Crippen LogP contribution in [0, 0.1) is 0 Å². The highest BCUT2D eigenvalue weighted by molar-refractivity contribution is 6.29. The van der Waals surface area contributed by atoms with Crippen molar-refractivity contribution < 1.29 is 9.47 Å². The van der Waals surface area contributed by atoms with Gasteiger partial charge in [-0.25, -0.2) is 4.98 Å². The minimum absolute atomic E-state index is 0.145. The number of ether oxygens (including phenoxy) is 2. The number of pyridine rings is 1. The van der Waals surface area contributed by atoms with Gasteiger partial charge in [-0.1, -0.05) is 11.6 Å². The Kier molecular flexibility index (Phi) is 3.33. The molecule has 0 saturated carbocycles. The van der Waals surface area contributed by atoms with Crippen molar-refractivity contribution in [3.05, 3.63) is 23.5 Å². The molecule has 2 rings (SSSR count). The van der Waals surface area contributed by atoms with Gasteiger partial charge in [-0.15, -0.1) is 0 Å². The van der Waals surface area contributed by atoms with Gasteiger partial charge in [-0.3, -0.25) is 0 Å². The highest BCUT2D eigenvalue weighted by atomic mass is 35.5. The summed E-state index contributed by atoms with van der Waals surface area (Å²) in [6.45, 7) is 5.05. The minimum Gasteiger partial charge on any atom is -0.378 e. The van der Waals surface area contributed by atoms with Gasteiger partial charge in [-0.2, -0.15) is 0 Å². The van der Waals surface area contributed by atoms with Crippen LogP contribution in [0.1, 0.15) is 13.8 Å². The van der Waals surface area contributed by atoms with Crippen LogP contribution in [0.2, 0.25) is 5.15 Å². The molecule has 0 bridgehead atoms. The van der Waals surface area contributed by atoms with Crippen molar-refractivity contribution in [3.63, 3.8) is 0 Å². The summed E-state index contributed by atoms with van der Waals surface area (Å²) in [5, 5.41) is 3.76. The lowest BCUT2D eigenvalue weighted by molar-refractivity contribution is -0.247. The fourth-order valence-corrected chi connectivity index (χ4v) is 1.68. The molecular formula is C11H15ClN2O2. The fraction of sp³-hybridized carbons (Fsp3) is 0.545. The molecule has 1 aromatic rings. The summed E-state index contributed by atoms with van der Waals surface area (Å²) in [5.41, 5.74) is 0.928. The number of halogens is 1. The van der Waals surface area contributed by atoms with Crippen LogP contribution in [-0.2, 0) is 9.47 Å². The monoisotopic (exact) mass is 242 g/mol. The molecule has 1 saturated heterocycles. The van der Waals surface area contributed by atoms with Crippen molar-refractivity contribution in [1.82, 2.24) is 4.98 Å². The fourth-order valence-electron chi connectivity index (χ4n) is 1.50. The molecule has 1 fully saturated rings. The summed E-state index contributed by atoms with van der Waals surface area (Å²) < 4.78 is 11.1. The summed E-state index contributed by atoms with van der Waals surface area (Å²) in [5.74, 6) is -0.478. The van der Waals surface area contributed by atoms with E-state index in [9.17, 15) is 0 Å². The number of hydrogen-bond acceptors (Lipinski definition) is 4. The van der Waals surface area contributed by atoms with Crippen LogP contribution in [0.4, 0.5) is 5.69 Å². The van der Waals surface area contributed by atoms with Crippen LogP contribution in [0.25, 0.3) is 0 Å². The zero-order chi connectivity index (χ0) is 11.6. The second-order valence-corrected chi connectivity index (χ2v) is 4.62. The van der Waals surface area contributed by atoms with Crippen molar-refractivity contribution in [3.8, 4) is 0 Å². The van der Waals surface area contributed by atoms with Crippen LogP contribution in [-0.4, -0.2) is 30.0 Å². The Labute approximate surface area is 99.9 Å². The van der Waals surface area contributed by atoms with Gasteiger partial charge in [0.05, 0.1) is 19.3 Å². The van der Waals surface area contributed by atoms with Gasteiger partial charge in [0, 0.05) is 11.9 Å². The quantitative estimate of drug-likeness (QED) is 0.809. The van der Waals surface area contributed by atoms with E-state index in [4.69, 9.17) is 21.1 Å². The standard InChI is InChI=1S/C11H15ClN2O2/c1-11(2)15-6-9(7-16-11)14-8-3-4-13-10(12)5-8/h3-5,9H,6-7H2,1-2H3,(H,13,14). The third kappa shape index (κ3) is 3.07. The van der Waals surface area contributed by atoms with Crippen LogP contribution in [0.15, 0.2) is 18.3 Å². The van der Waals surface area contributed by atoms with E-state index in [-0.39, 0.29) is 6.04 Å². The normalized spacial score (nSPS) is 20.7. The largest absolute Gasteiger partial charge is 0.378 e. The van der Waals surface area contributed by atoms with Crippen molar-refractivity contribution in [2.75, 3.05) is 18.5 Å². The number of rotatable bonds is 2. The van der Waals surface area contributed by atoms with Gasteiger partial charge >= 0.3 is 0 Å². The van der Waals surface area contributed by atoms with E-state index in [1.54, 1.807) is 12.3 Å². The molecule has 1 N–H and O–H groups in total. The first kappa shape index (κ1) is 11.6. The van der Waals surface area contributed by atoms with Gasteiger partial charge in [-0.05, 0) is 26.0 Å². The molecule has 0 atom stereocenters. The third-order valence-electron chi connectivity index (χ3n) is 2.36. The maximum atomic E-state index is 5.79. The molecule has 1 aliphatic heterocycles. The van der Waals surface area contributed by atoms with Gasteiger partial charge in [0.2, 0.25) is 0 Å². The molecule has 1 aliphatic rings. The van der Waals surface area contributed by atoms with Crippen molar-refractivity contribution in [1.29, 1.82) is 0 Å². The second kappa shape index (κ2) is 4.57. The average Bonchev–Trinajstić information content (AvgIpc) is 2.21. The predicted octanol–water partition coefficient (Wildman–Crippen LogP) is 2.30. The van der Waals surface area contributed by atoms with E-state index < -0.39 is 5.79 Å². The maximum absolute atomic E-state index is 5.79. The topological polar surface area (TPSA) is 43.4 Å². The summed E-state index contributed by atoms with van der Waals surface area (Å²) in [4.78, 5) is 3.92. The molecular weight excluding hydrogens is 228 g/mol. The summed E-state index contributed by atoms with van der Waals surface area (Å²) in [6.07, 6.45) is 1.67. The summed E-state index contributed by atoms with van der Waals surface area (Å²) >= 11 is 5.79. The van der Waals surface area contributed by atoms with Crippen molar-refractivity contribution in [2.45, 2.75) is 25.7 Å². The average molecular weight is 243 g/mol. The molecule has 0 spiro atoms. The second-order valence-electron chi connectivity index (χ2n) is 4.23. The first-order valence-electron chi connectivity index (χ1n) is 5.21. The molecule has 1 aromatic heterocycles. The smallest absolute Gasteiger partial charge is 0.162 e. The Morgan fingerprint density at radius 1 is 1.44 bits per heavy atom. The predicted molar refractivity (Wildman–Crippen MR) is 62.6 cm³/mol. The Morgan fingerprint density at radius 2 is 2.12 bits per heavy atom. The first-order chi connectivity index (χ1) is 7.55. The zero-order valence-electron chi connectivity index (χ0n) is 9.37. The molecule has 0 aromatic carbocycles. The van der Waals surface area contributed by atoms with E-state index in [1.165, 1.54) is 0 Å². The van der Waals surface area contributed by atoms with Crippen LogP contribution in [0.5, 0.6) is 0 Å². The molecule has 0 amide bonds. The summed E-state index contributed by atoms with van der Waals surface area (Å²) in [7, 11) is 0. The molecule has 2 heterocycles.